The molecule has 1 unspecified atom stereocenters. The van der Waals surface area contributed by atoms with E-state index in [1.807, 2.05) is 25.1 Å². The highest BCUT2D eigenvalue weighted by atomic mass is 16.3. The third kappa shape index (κ3) is 4.28. The zero-order valence-electron chi connectivity index (χ0n) is 11.9. The van der Waals surface area contributed by atoms with E-state index in [0.717, 1.165) is 5.69 Å². The van der Waals surface area contributed by atoms with Crippen LogP contribution in [0.15, 0.2) is 36.7 Å². The molecule has 0 aromatic carbocycles. The van der Waals surface area contributed by atoms with Gasteiger partial charge in [0.05, 0.1) is 31.1 Å². The molecule has 0 saturated carbocycles. The number of aliphatic hydroxyl groups excluding tert-OH is 1. The molecule has 3 N–H and O–H groups in total. The van der Waals surface area contributed by atoms with Crippen molar-refractivity contribution < 1.29 is 9.90 Å². The van der Waals surface area contributed by atoms with Gasteiger partial charge in [0.25, 0.3) is 0 Å². The van der Waals surface area contributed by atoms with Crippen molar-refractivity contribution >= 4 is 11.8 Å². The molecule has 2 aromatic rings. The first-order chi connectivity index (χ1) is 10.2. The Morgan fingerprint density at radius 1 is 1.38 bits per heavy atom. The Morgan fingerprint density at radius 3 is 2.90 bits per heavy atom. The molecule has 112 valence electrons. The molecule has 2 rings (SSSR count). The van der Waals surface area contributed by atoms with Gasteiger partial charge in [0.15, 0.2) is 0 Å². The first-order valence-electron chi connectivity index (χ1n) is 6.83. The second-order valence-corrected chi connectivity index (χ2v) is 4.58. The lowest BCUT2D eigenvalue weighted by molar-refractivity contribution is 0.222. The van der Waals surface area contributed by atoms with Crippen molar-refractivity contribution in [1.82, 2.24) is 20.1 Å². The smallest absolute Gasteiger partial charge is 0.320 e. The molecule has 2 heterocycles. The number of hydrogen-bond acceptors (Lipinski definition) is 4. The van der Waals surface area contributed by atoms with Crippen LogP contribution >= 0.6 is 0 Å². The Kier molecular flexibility index (Phi) is 5.28. The van der Waals surface area contributed by atoms with E-state index in [9.17, 15) is 4.79 Å². The maximum atomic E-state index is 11.9. The standard InChI is InChI=1S/C14H19N5O2/c1-2-11(10-20)17-14(21)18-13-6-8-16-19(13)9-12-5-3-4-7-15-12/h3-8,11,20H,2,9-10H2,1H3,(H2,17,18,21). The molecule has 2 aromatic heterocycles. The summed E-state index contributed by atoms with van der Waals surface area (Å²) in [6, 6.07) is 6.74. The number of carbonyl (C=O) groups is 1. The number of urea groups is 1. The number of aromatic nitrogens is 3. The summed E-state index contributed by atoms with van der Waals surface area (Å²) in [6.07, 6.45) is 3.99. The summed E-state index contributed by atoms with van der Waals surface area (Å²) in [5.41, 5.74) is 0.853. The molecule has 7 nitrogen and oxygen atoms in total. The quantitative estimate of drug-likeness (QED) is 0.745. The van der Waals surface area contributed by atoms with Gasteiger partial charge < -0.3 is 10.4 Å². The number of aliphatic hydroxyl groups is 1. The maximum Gasteiger partial charge on any atom is 0.320 e. The van der Waals surface area contributed by atoms with Crippen LogP contribution in [0.25, 0.3) is 0 Å². The van der Waals surface area contributed by atoms with Crippen LogP contribution in [0.3, 0.4) is 0 Å². The number of nitrogens with zero attached hydrogens (tertiary/aromatic N) is 3. The van der Waals surface area contributed by atoms with Crippen molar-refractivity contribution in [2.24, 2.45) is 0 Å². The Hall–Kier alpha value is -2.41. The third-order valence-electron chi connectivity index (χ3n) is 3.04. The predicted molar refractivity (Wildman–Crippen MR) is 78.9 cm³/mol. The minimum atomic E-state index is -0.362. The summed E-state index contributed by atoms with van der Waals surface area (Å²) in [5, 5.41) is 18.7. The maximum absolute atomic E-state index is 11.9. The Morgan fingerprint density at radius 2 is 2.24 bits per heavy atom. The van der Waals surface area contributed by atoms with Gasteiger partial charge in [0.1, 0.15) is 5.82 Å². The van der Waals surface area contributed by atoms with Gasteiger partial charge in [0, 0.05) is 12.3 Å². The molecular formula is C14H19N5O2. The van der Waals surface area contributed by atoms with E-state index in [2.05, 4.69) is 20.7 Å². The van der Waals surface area contributed by atoms with Crippen LogP contribution < -0.4 is 10.6 Å². The lowest BCUT2D eigenvalue weighted by Gasteiger charge is -2.15. The van der Waals surface area contributed by atoms with Crippen molar-refractivity contribution in [3.8, 4) is 0 Å². The zero-order chi connectivity index (χ0) is 15.1. The Bertz CT molecular complexity index is 566. The lowest BCUT2D eigenvalue weighted by Crippen LogP contribution is -2.40. The average Bonchev–Trinajstić information content (AvgIpc) is 2.92. The van der Waals surface area contributed by atoms with E-state index >= 15 is 0 Å². The van der Waals surface area contributed by atoms with Crippen molar-refractivity contribution in [3.63, 3.8) is 0 Å². The van der Waals surface area contributed by atoms with E-state index < -0.39 is 0 Å². The van der Waals surface area contributed by atoms with Gasteiger partial charge in [-0.3, -0.25) is 10.3 Å². The van der Waals surface area contributed by atoms with Crippen LogP contribution in [-0.2, 0) is 6.54 Å². The van der Waals surface area contributed by atoms with Crippen LogP contribution in [0.4, 0.5) is 10.6 Å². The number of rotatable bonds is 6. The van der Waals surface area contributed by atoms with Gasteiger partial charge in [0.2, 0.25) is 0 Å². The Labute approximate surface area is 123 Å². The summed E-state index contributed by atoms with van der Waals surface area (Å²) < 4.78 is 1.65. The highest BCUT2D eigenvalue weighted by Gasteiger charge is 2.11. The van der Waals surface area contributed by atoms with E-state index in [1.54, 1.807) is 23.1 Å². The first kappa shape index (κ1) is 15.0. The molecular weight excluding hydrogens is 270 g/mol. The van der Waals surface area contributed by atoms with Crippen molar-refractivity contribution in [1.29, 1.82) is 0 Å². The van der Waals surface area contributed by atoms with Crippen LogP contribution in [0.1, 0.15) is 19.0 Å². The molecule has 2 amide bonds. The van der Waals surface area contributed by atoms with Gasteiger partial charge in [-0.15, -0.1) is 0 Å². The number of carbonyl (C=O) groups excluding carboxylic acids is 1. The second-order valence-electron chi connectivity index (χ2n) is 4.58. The molecule has 0 bridgehead atoms. The topological polar surface area (TPSA) is 92.1 Å². The molecule has 0 fully saturated rings. The van der Waals surface area contributed by atoms with E-state index in [1.165, 1.54) is 0 Å². The number of pyridine rings is 1. The largest absolute Gasteiger partial charge is 0.394 e. The first-order valence-corrected chi connectivity index (χ1v) is 6.83. The molecule has 0 aliphatic rings. The van der Waals surface area contributed by atoms with Gasteiger partial charge in [-0.2, -0.15) is 5.10 Å². The number of amides is 2. The van der Waals surface area contributed by atoms with Crippen molar-refractivity contribution in [2.45, 2.75) is 25.9 Å². The number of nitrogens with one attached hydrogen (secondary N) is 2. The van der Waals surface area contributed by atoms with Gasteiger partial charge in [-0.1, -0.05) is 13.0 Å². The molecule has 7 heteroatoms. The minimum absolute atomic E-state index is 0.0862. The van der Waals surface area contributed by atoms with Gasteiger partial charge >= 0.3 is 6.03 Å². The summed E-state index contributed by atoms with van der Waals surface area (Å²) >= 11 is 0. The molecule has 0 aliphatic heterocycles. The normalized spacial score (nSPS) is 11.9. The van der Waals surface area contributed by atoms with Crippen LogP contribution in [0, 0.1) is 0 Å². The fraction of sp³-hybridized carbons (Fsp3) is 0.357. The number of anilines is 1. The zero-order valence-corrected chi connectivity index (χ0v) is 11.9. The average molecular weight is 289 g/mol. The summed E-state index contributed by atoms with van der Waals surface area (Å²) in [5.74, 6) is 0.575. The molecule has 0 radical (unpaired) electrons. The highest BCUT2D eigenvalue weighted by molar-refractivity contribution is 5.88. The monoisotopic (exact) mass is 289 g/mol. The lowest BCUT2D eigenvalue weighted by atomic mass is 10.2. The van der Waals surface area contributed by atoms with Crippen LogP contribution in [0.2, 0.25) is 0 Å². The molecule has 0 saturated heterocycles. The summed E-state index contributed by atoms with van der Waals surface area (Å²) in [7, 11) is 0. The van der Waals surface area contributed by atoms with Gasteiger partial charge in [-0.25, -0.2) is 9.48 Å². The van der Waals surface area contributed by atoms with E-state index in [4.69, 9.17) is 5.11 Å². The van der Waals surface area contributed by atoms with Crippen molar-refractivity contribution in [2.75, 3.05) is 11.9 Å². The fourth-order valence-electron chi connectivity index (χ4n) is 1.82. The van der Waals surface area contributed by atoms with E-state index in [-0.39, 0.29) is 18.7 Å². The Balaban J connectivity index is 1.98. The molecule has 21 heavy (non-hydrogen) atoms. The minimum Gasteiger partial charge on any atom is -0.394 e. The predicted octanol–water partition coefficient (Wildman–Crippen LogP) is 1.22. The summed E-state index contributed by atoms with van der Waals surface area (Å²) in [4.78, 5) is 16.1. The van der Waals surface area contributed by atoms with Crippen LogP contribution in [0.5, 0.6) is 0 Å². The molecule has 1 atom stereocenters. The molecule has 0 aliphatic carbocycles. The molecule has 0 spiro atoms. The SMILES string of the molecule is CCC(CO)NC(=O)Nc1ccnn1Cc1ccccn1. The third-order valence-corrected chi connectivity index (χ3v) is 3.04. The summed E-state index contributed by atoms with van der Waals surface area (Å²) in [6.45, 7) is 2.28. The second kappa shape index (κ2) is 7.39. The number of hydrogen-bond donors (Lipinski definition) is 3. The van der Waals surface area contributed by atoms with Crippen molar-refractivity contribution in [3.05, 3.63) is 42.4 Å². The van der Waals surface area contributed by atoms with E-state index in [0.29, 0.717) is 18.8 Å². The van der Waals surface area contributed by atoms with Crippen LogP contribution in [-0.4, -0.2) is 38.6 Å². The van der Waals surface area contributed by atoms with Gasteiger partial charge in [-0.05, 0) is 18.6 Å². The fourth-order valence-corrected chi connectivity index (χ4v) is 1.82. The highest BCUT2D eigenvalue weighted by Crippen LogP contribution is 2.08.